The predicted molar refractivity (Wildman–Crippen MR) is 72.8 cm³/mol. The summed E-state index contributed by atoms with van der Waals surface area (Å²) in [6.45, 7) is 1.15. The summed E-state index contributed by atoms with van der Waals surface area (Å²) in [6, 6.07) is 4.05. The average Bonchev–Trinajstić information content (AvgIpc) is 2.90. The molecule has 0 aromatic carbocycles. The number of ether oxygens (including phenoxy) is 1. The van der Waals surface area contributed by atoms with E-state index < -0.39 is 0 Å². The summed E-state index contributed by atoms with van der Waals surface area (Å²) in [4.78, 5) is 12.4. The largest absolute Gasteiger partial charge is 0.376 e. The van der Waals surface area contributed by atoms with Crippen LogP contribution in [-0.4, -0.2) is 31.2 Å². The number of hydrogen-bond acceptors (Lipinski definition) is 4. The Hall–Kier alpha value is -0.910. The molecule has 0 spiro atoms. The van der Waals surface area contributed by atoms with Gasteiger partial charge in [-0.3, -0.25) is 4.79 Å². The van der Waals surface area contributed by atoms with Gasteiger partial charge in [-0.2, -0.15) is 0 Å². The number of rotatable bonds is 5. The molecule has 0 atom stereocenters. The second-order valence-corrected chi connectivity index (χ2v) is 5.59. The van der Waals surface area contributed by atoms with Crippen molar-refractivity contribution in [3.63, 3.8) is 0 Å². The zero-order chi connectivity index (χ0) is 12.8. The first-order chi connectivity index (χ1) is 8.75. The Kier molecular flexibility index (Phi) is 5.16. The molecule has 0 radical (unpaired) electrons. The quantitative estimate of drug-likeness (QED) is 0.800. The number of nitrogens with one attached hydrogen (secondary N) is 1. The van der Waals surface area contributed by atoms with E-state index in [0.717, 1.165) is 30.6 Å². The number of thiophene rings is 1. The van der Waals surface area contributed by atoms with E-state index in [-0.39, 0.29) is 5.91 Å². The van der Waals surface area contributed by atoms with Crippen LogP contribution in [0.1, 0.15) is 35.4 Å². The van der Waals surface area contributed by atoms with Crippen LogP contribution in [-0.2, 0) is 4.74 Å². The van der Waals surface area contributed by atoms with Crippen molar-refractivity contribution < 1.29 is 9.53 Å². The van der Waals surface area contributed by atoms with Gasteiger partial charge in [0.25, 0.3) is 5.91 Å². The second kappa shape index (κ2) is 6.87. The van der Waals surface area contributed by atoms with E-state index in [9.17, 15) is 4.79 Å². The molecule has 100 valence electrons. The molecule has 1 aromatic rings. The Balaban J connectivity index is 1.57. The first-order valence-corrected chi connectivity index (χ1v) is 7.32. The molecule has 18 heavy (non-hydrogen) atoms. The number of carbonyl (C=O) groups excluding carboxylic acids is 1. The molecule has 3 N–H and O–H groups in total. The molecule has 0 bridgehead atoms. The number of nitrogens with two attached hydrogens (primary N) is 1. The fraction of sp³-hybridized carbons (Fsp3) is 0.615. The number of carbonyl (C=O) groups is 1. The average molecular weight is 268 g/mol. The van der Waals surface area contributed by atoms with Gasteiger partial charge in [-0.15, -0.1) is 11.3 Å². The molecular formula is C13H20N2O2S. The van der Waals surface area contributed by atoms with E-state index in [1.807, 2.05) is 17.5 Å². The lowest BCUT2D eigenvalue weighted by Crippen LogP contribution is -2.32. The Bertz CT molecular complexity index is 359. The molecule has 0 aliphatic heterocycles. The topological polar surface area (TPSA) is 64.3 Å². The number of hydrogen-bond donors (Lipinski definition) is 2. The summed E-state index contributed by atoms with van der Waals surface area (Å²) >= 11 is 1.45. The monoisotopic (exact) mass is 268 g/mol. The van der Waals surface area contributed by atoms with Gasteiger partial charge >= 0.3 is 0 Å². The van der Waals surface area contributed by atoms with Gasteiger partial charge in [0.1, 0.15) is 0 Å². The highest BCUT2D eigenvalue weighted by Crippen LogP contribution is 2.19. The smallest absolute Gasteiger partial charge is 0.261 e. The van der Waals surface area contributed by atoms with Crippen LogP contribution in [0.5, 0.6) is 0 Å². The van der Waals surface area contributed by atoms with Crippen molar-refractivity contribution in [3.05, 3.63) is 22.4 Å². The van der Waals surface area contributed by atoms with Gasteiger partial charge in [0, 0.05) is 12.6 Å². The predicted octanol–water partition coefficient (Wildman–Crippen LogP) is 1.76. The van der Waals surface area contributed by atoms with Crippen molar-refractivity contribution >= 4 is 17.2 Å². The minimum absolute atomic E-state index is 0.0146. The zero-order valence-electron chi connectivity index (χ0n) is 10.4. The summed E-state index contributed by atoms with van der Waals surface area (Å²) in [6.07, 6.45) is 4.50. The molecule has 0 saturated heterocycles. The minimum atomic E-state index is -0.0146. The molecule has 1 amide bonds. The SMILES string of the molecule is NC1CCC(OCCNC(=O)c2cccs2)CC1. The first kappa shape index (κ1) is 13.5. The van der Waals surface area contributed by atoms with Crippen LogP contribution in [0, 0.1) is 0 Å². The van der Waals surface area contributed by atoms with Crippen molar-refractivity contribution in [1.82, 2.24) is 5.32 Å². The maximum Gasteiger partial charge on any atom is 0.261 e. The van der Waals surface area contributed by atoms with E-state index in [4.69, 9.17) is 10.5 Å². The van der Waals surface area contributed by atoms with E-state index in [1.54, 1.807) is 0 Å². The van der Waals surface area contributed by atoms with Crippen LogP contribution < -0.4 is 11.1 Å². The Morgan fingerprint density at radius 2 is 2.22 bits per heavy atom. The molecule has 2 rings (SSSR count). The van der Waals surface area contributed by atoms with Crippen molar-refractivity contribution in [3.8, 4) is 0 Å². The lowest BCUT2D eigenvalue weighted by atomic mass is 9.94. The van der Waals surface area contributed by atoms with Crippen LogP contribution in [0.15, 0.2) is 17.5 Å². The molecule has 1 heterocycles. The summed E-state index contributed by atoms with van der Waals surface area (Å²) in [5.41, 5.74) is 5.83. The molecule has 1 saturated carbocycles. The van der Waals surface area contributed by atoms with Gasteiger partial charge < -0.3 is 15.8 Å². The second-order valence-electron chi connectivity index (χ2n) is 4.64. The number of amides is 1. The third kappa shape index (κ3) is 4.08. The molecule has 4 nitrogen and oxygen atoms in total. The highest BCUT2D eigenvalue weighted by Gasteiger charge is 2.18. The molecule has 1 aliphatic rings. The lowest BCUT2D eigenvalue weighted by Gasteiger charge is -2.26. The Labute approximate surface area is 112 Å². The maximum absolute atomic E-state index is 11.6. The van der Waals surface area contributed by atoms with Crippen LogP contribution in [0.2, 0.25) is 0 Å². The van der Waals surface area contributed by atoms with E-state index in [0.29, 0.717) is 25.3 Å². The first-order valence-electron chi connectivity index (χ1n) is 6.44. The van der Waals surface area contributed by atoms with Crippen molar-refractivity contribution in [2.24, 2.45) is 5.73 Å². The van der Waals surface area contributed by atoms with E-state index in [1.165, 1.54) is 11.3 Å². The fourth-order valence-electron chi connectivity index (χ4n) is 2.14. The van der Waals surface area contributed by atoms with Crippen molar-refractivity contribution in [2.45, 2.75) is 37.8 Å². The Morgan fingerprint density at radius 3 is 2.89 bits per heavy atom. The van der Waals surface area contributed by atoms with Crippen LogP contribution in [0.3, 0.4) is 0 Å². The van der Waals surface area contributed by atoms with E-state index in [2.05, 4.69) is 5.32 Å². The lowest BCUT2D eigenvalue weighted by molar-refractivity contribution is 0.0268. The molecular weight excluding hydrogens is 248 g/mol. The third-order valence-corrected chi connectivity index (χ3v) is 4.07. The standard InChI is InChI=1S/C13H20N2O2S/c14-10-3-5-11(6-4-10)17-8-7-15-13(16)12-2-1-9-18-12/h1-2,9-11H,3-8,14H2,(H,15,16). The zero-order valence-corrected chi connectivity index (χ0v) is 11.2. The highest BCUT2D eigenvalue weighted by molar-refractivity contribution is 7.12. The molecule has 1 fully saturated rings. The van der Waals surface area contributed by atoms with Crippen molar-refractivity contribution in [1.29, 1.82) is 0 Å². The summed E-state index contributed by atoms with van der Waals surface area (Å²) < 4.78 is 5.73. The van der Waals surface area contributed by atoms with Gasteiger partial charge in [-0.1, -0.05) is 6.07 Å². The van der Waals surface area contributed by atoms with E-state index >= 15 is 0 Å². The summed E-state index contributed by atoms with van der Waals surface area (Å²) in [5.74, 6) is -0.0146. The molecule has 0 unspecified atom stereocenters. The normalized spacial score (nSPS) is 23.8. The van der Waals surface area contributed by atoms with Crippen LogP contribution >= 0.6 is 11.3 Å². The minimum Gasteiger partial charge on any atom is -0.376 e. The van der Waals surface area contributed by atoms with Gasteiger partial charge in [-0.05, 0) is 37.1 Å². The molecule has 1 aliphatic carbocycles. The third-order valence-electron chi connectivity index (χ3n) is 3.21. The highest BCUT2D eigenvalue weighted by atomic mass is 32.1. The van der Waals surface area contributed by atoms with Gasteiger partial charge in [0.15, 0.2) is 0 Å². The van der Waals surface area contributed by atoms with Gasteiger partial charge in [-0.25, -0.2) is 0 Å². The molecule has 1 aromatic heterocycles. The maximum atomic E-state index is 11.6. The molecule has 5 heteroatoms. The van der Waals surface area contributed by atoms with Crippen molar-refractivity contribution in [2.75, 3.05) is 13.2 Å². The Morgan fingerprint density at radius 1 is 1.44 bits per heavy atom. The van der Waals surface area contributed by atoms with Crippen LogP contribution in [0.4, 0.5) is 0 Å². The summed E-state index contributed by atoms with van der Waals surface area (Å²) in [5, 5.41) is 4.75. The fourth-order valence-corrected chi connectivity index (χ4v) is 2.78. The van der Waals surface area contributed by atoms with Gasteiger partial charge in [0.05, 0.1) is 17.6 Å². The van der Waals surface area contributed by atoms with Crippen LogP contribution in [0.25, 0.3) is 0 Å². The van der Waals surface area contributed by atoms with Gasteiger partial charge in [0.2, 0.25) is 0 Å². The summed E-state index contributed by atoms with van der Waals surface area (Å²) in [7, 11) is 0.